The van der Waals surface area contributed by atoms with E-state index in [1.54, 1.807) is 16.9 Å². The van der Waals surface area contributed by atoms with Crippen molar-refractivity contribution in [1.29, 1.82) is 0 Å². The zero-order chi connectivity index (χ0) is 13.3. The topological polar surface area (TPSA) is 68.0 Å². The smallest absolute Gasteiger partial charge is 0.339 e. The van der Waals surface area contributed by atoms with E-state index in [-0.39, 0.29) is 11.5 Å². The van der Waals surface area contributed by atoms with Crippen molar-refractivity contribution in [3.63, 3.8) is 0 Å². The zero-order valence-corrected chi connectivity index (χ0v) is 11.5. The van der Waals surface area contributed by atoms with E-state index < -0.39 is 5.97 Å². The lowest BCUT2D eigenvalue weighted by Crippen LogP contribution is -2.09. The summed E-state index contributed by atoms with van der Waals surface area (Å²) in [6, 6.07) is 3.63. The molecule has 0 saturated carbocycles. The van der Waals surface area contributed by atoms with Gasteiger partial charge in [-0.05, 0) is 34.0 Å². The number of aromatic nitrogens is 3. The molecule has 0 aliphatic carbocycles. The molecular weight excluding hydrogens is 298 g/mol. The molecule has 2 aromatic rings. The van der Waals surface area contributed by atoms with Crippen molar-refractivity contribution in [2.75, 3.05) is 0 Å². The van der Waals surface area contributed by atoms with Crippen molar-refractivity contribution in [2.45, 2.75) is 19.8 Å². The van der Waals surface area contributed by atoms with Crippen molar-refractivity contribution < 1.29 is 9.90 Å². The summed E-state index contributed by atoms with van der Waals surface area (Å²) in [6.45, 7) is 3.86. The molecule has 0 saturated heterocycles. The molecule has 5 nitrogen and oxygen atoms in total. The number of halogens is 1. The lowest BCUT2D eigenvalue weighted by atomic mass is 10.1. The Morgan fingerprint density at radius 2 is 2.11 bits per heavy atom. The maximum Gasteiger partial charge on any atom is 0.339 e. The Bertz CT molecular complexity index is 576. The molecule has 0 atom stereocenters. The molecule has 0 fully saturated rings. The van der Waals surface area contributed by atoms with Gasteiger partial charge in [0, 0.05) is 10.7 Å². The van der Waals surface area contributed by atoms with Crippen molar-refractivity contribution in [2.24, 2.45) is 0 Å². The van der Waals surface area contributed by atoms with Crippen LogP contribution in [0.25, 0.3) is 5.82 Å². The third-order valence-electron chi connectivity index (χ3n) is 2.51. The van der Waals surface area contributed by atoms with Gasteiger partial charge in [-0.1, -0.05) is 13.8 Å². The van der Waals surface area contributed by atoms with Gasteiger partial charge < -0.3 is 5.11 Å². The van der Waals surface area contributed by atoms with Crippen molar-refractivity contribution in [1.82, 2.24) is 14.8 Å². The van der Waals surface area contributed by atoms with Crippen LogP contribution in [0.5, 0.6) is 0 Å². The number of carboxylic acids is 1. The van der Waals surface area contributed by atoms with Crippen LogP contribution in [0.2, 0.25) is 0 Å². The third-order valence-corrected chi connectivity index (χ3v) is 2.98. The summed E-state index contributed by atoms with van der Waals surface area (Å²) in [5.41, 5.74) is 0.868. The van der Waals surface area contributed by atoms with Crippen LogP contribution in [-0.4, -0.2) is 25.8 Å². The minimum Gasteiger partial charge on any atom is -0.478 e. The van der Waals surface area contributed by atoms with E-state index in [9.17, 15) is 4.79 Å². The Morgan fingerprint density at radius 3 is 2.61 bits per heavy atom. The Hall–Kier alpha value is -1.69. The van der Waals surface area contributed by atoms with Crippen LogP contribution >= 0.6 is 15.9 Å². The van der Waals surface area contributed by atoms with E-state index in [0.29, 0.717) is 11.5 Å². The van der Waals surface area contributed by atoms with Crippen molar-refractivity contribution in [3.05, 3.63) is 40.3 Å². The fraction of sp³-hybridized carbons (Fsp3) is 0.250. The van der Waals surface area contributed by atoms with E-state index in [1.807, 2.05) is 19.9 Å². The number of rotatable bonds is 3. The Balaban J connectivity index is 2.57. The van der Waals surface area contributed by atoms with Gasteiger partial charge in [-0.2, -0.15) is 5.10 Å². The van der Waals surface area contributed by atoms with Crippen LogP contribution < -0.4 is 0 Å². The summed E-state index contributed by atoms with van der Waals surface area (Å²) < 4.78 is 2.43. The molecule has 18 heavy (non-hydrogen) atoms. The van der Waals surface area contributed by atoms with E-state index in [0.717, 1.165) is 4.47 Å². The van der Waals surface area contributed by atoms with Gasteiger partial charge in [-0.25, -0.2) is 14.5 Å². The number of aromatic carboxylic acids is 1. The fourth-order valence-corrected chi connectivity index (χ4v) is 1.99. The summed E-state index contributed by atoms with van der Waals surface area (Å²) >= 11 is 3.31. The van der Waals surface area contributed by atoms with E-state index in [4.69, 9.17) is 5.11 Å². The maximum atomic E-state index is 11.1. The molecule has 0 unspecified atom stereocenters. The van der Waals surface area contributed by atoms with Crippen LogP contribution in [0.15, 0.2) is 29.0 Å². The first-order valence-corrected chi connectivity index (χ1v) is 6.23. The van der Waals surface area contributed by atoms with Gasteiger partial charge in [0.1, 0.15) is 5.56 Å². The molecular formula is C12H12BrN3O2. The van der Waals surface area contributed by atoms with Crippen LogP contribution in [0.4, 0.5) is 0 Å². The molecule has 0 spiro atoms. The van der Waals surface area contributed by atoms with Crippen LogP contribution in [0.1, 0.15) is 35.8 Å². The molecule has 2 heterocycles. The lowest BCUT2D eigenvalue weighted by Gasteiger charge is -2.10. The summed E-state index contributed by atoms with van der Waals surface area (Å²) in [7, 11) is 0. The minimum atomic E-state index is -0.970. The first kappa shape index (κ1) is 12.8. The highest BCUT2D eigenvalue weighted by atomic mass is 79.9. The molecule has 6 heteroatoms. The molecule has 0 bridgehead atoms. The predicted molar refractivity (Wildman–Crippen MR) is 70.1 cm³/mol. The third kappa shape index (κ3) is 2.28. The second kappa shape index (κ2) is 4.89. The molecule has 0 radical (unpaired) electrons. The highest BCUT2D eigenvalue weighted by molar-refractivity contribution is 9.10. The van der Waals surface area contributed by atoms with Gasteiger partial charge in [-0.3, -0.25) is 0 Å². The summed E-state index contributed by atoms with van der Waals surface area (Å²) in [5, 5.41) is 13.3. The Morgan fingerprint density at radius 1 is 1.39 bits per heavy atom. The van der Waals surface area contributed by atoms with Crippen LogP contribution in [0, 0.1) is 0 Å². The van der Waals surface area contributed by atoms with Gasteiger partial charge in [0.25, 0.3) is 0 Å². The number of carbonyl (C=O) groups is 1. The molecule has 0 aromatic carbocycles. The van der Waals surface area contributed by atoms with Crippen molar-refractivity contribution in [3.8, 4) is 5.82 Å². The fourth-order valence-electron chi connectivity index (χ4n) is 1.75. The number of carboxylic acid groups (broad SMARTS) is 1. The lowest BCUT2D eigenvalue weighted by molar-refractivity contribution is 0.0695. The van der Waals surface area contributed by atoms with E-state index in [1.165, 1.54) is 6.20 Å². The van der Waals surface area contributed by atoms with Gasteiger partial charge in [0.05, 0.1) is 11.9 Å². The van der Waals surface area contributed by atoms with Gasteiger partial charge >= 0.3 is 5.97 Å². The predicted octanol–water partition coefficient (Wildman–Crippen LogP) is 2.85. The van der Waals surface area contributed by atoms with Crippen LogP contribution in [-0.2, 0) is 0 Å². The summed E-state index contributed by atoms with van der Waals surface area (Å²) in [4.78, 5) is 15.4. The standard InChI is InChI=1S/C12H12BrN3O2/c1-7(2)11-9(12(17)18)6-15-16(11)10-4-3-8(13)5-14-10/h3-7H,1-2H3,(H,17,18). The number of pyridine rings is 1. The average Bonchev–Trinajstić information content (AvgIpc) is 2.74. The molecule has 0 aliphatic rings. The highest BCUT2D eigenvalue weighted by Gasteiger charge is 2.20. The quantitative estimate of drug-likeness (QED) is 0.946. The largest absolute Gasteiger partial charge is 0.478 e. The molecule has 2 aromatic heterocycles. The second-order valence-corrected chi connectivity index (χ2v) is 5.07. The van der Waals surface area contributed by atoms with Gasteiger partial charge in [0.15, 0.2) is 5.82 Å². The minimum absolute atomic E-state index is 0.0454. The van der Waals surface area contributed by atoms with Gasteiger partial charge in [-0.15, -0.1) is 0 Å². The average molecular weight is 310 g/mol. The number of hydrogen-bond acceptors (Lipinski definition) is 3. The Labute approximate surface area is 113 Å². The van der Waals surface area contributed by atoms with E-state index in [2.05, 4.69) is 26.0 Å². The number of hydrogen-bond donors (Lipinski definition) is 1. The normalized spacial score (nSPS) is 10.9. The molecule has 0 amide bonds. The van der Waals surface area contributed by atoms with Crippen LogP contribution in [0.3, 0.4) is 0 Å². The molecule has 2 rings (SSSR count). The van der Waals surface area contributed by atoms with Crippen molar-refractivity contribution >= 4 is 21.9 Å². The van der Waals surface area contributed by atoms with Gasteiger partial charge in [0.2, 0.25) is 0 Å². The maximum absolute atomic E-state index is 11.1. The summed E-state index contributed by atoms with van der Waals surface area (Å²) in [6.07, 6.45) is 3.02. The van der Waals surface area contributed by atoms with E-state index >= 15 is 0 Å². The second-order valence-electron chi connectivity index (χ2n) is 4.15. The SMILES string of the molecule is CC(C)c1c(C(=O)O)cnn1-c1ccc(Br)cn1. The first-order valence-electron chi connectivity index (χ1n) is 5.44. The first-order chi connectivity index (χ1) is 8.50. The Kier molecular flexibility index (Phi) is 3.47. The zero-order valence-electron chi connectivity index (χ0n) is 9.96. The summed E-state index contributed by atoms with van der Waals surface area (Å²) in [5.74, 6) is -0.319. The monoisotopic (exact) mass is 309 g/mol. The molecule has 0 aliphatic heterocycles. The molecule has 1 N–H and O–H groups in total. The number of nitrogens with zero attached hydrogens (tertiary/aromatic N) is 3. The highest BCUT2D eigenvalue weighted by Crippen LogP contribution is 2.22. The molecule has 94 valence electrons.